The molecule has 0 saturated heterocycles. The molecule has 0 bridgehead atoms. The Hall–Kier alpha value is -2.93. The van der Waals surface area contributed by atoms with Crippen molar-refractivity contribution in [1.82, 2.24) is 4.98 Å². The fourth-order valence-corrected chi connectivity index (χ4v) is 2.93. The van der Waals surface area contributed by atoms with Crippen molar-refractivity contribution in [3.8, 4) is 0 Å². The van der Waals surface area contributed by atoms with E-state index in [9.17, 15) is 0 Å². The van der Waals surface area contributed by atoms with E-state index in [1.54, 1.807) is 6.07 Å². The molecule has 1 aromatic heterocycles. The van der Waals surface area contributed by atoms with Crippen LogP contribution >= 0.6 is 0 Å². The van der Waals surface area contributed by atoms with Crippen molar-refractivity contribution < 1.29 is 8.22 Å². The minimum atomic E-state index is -0.406. The van der Waals surface area contributed by atoms with Crippen LogP contribution in [-0.2, 0) is 0 Å². The summed E-state index contributed by atoms with van der Waals surface area (Å²) in [5, 5.41) is 3.50. The molecule has 5 rings (SSSR count). The van der Waals surface area contributed by atoms with E-state index in [1.165, 1.54) is 0 Å². The fourth-order valence-electron chi connectivity index (χ4n) is 2.93. The van der Waals surface area contributed by atoms with E-state index in [0.717, 1.165) is 16.2 Å². The molecule has 22 heavy (non-hydrogen) atoms. The summed E-state index contributed by atoms with van der Waals surface area (Å²) in [4.78, 5) is 4.68. The number of rotatable bonds is 0. The number of aromatic nitrogens is 1. The molecule has 5 aromatic rings. The second kappa shape index (κ2) is 4.28. The molecule has 0 atom stereocenters. The van der Waals surface area contributed by atoms with E-state index in [4.69, 9.17) is 8.22 Å². The first-order valence-electron chi connectivity index (χ1n) is 10.0. The Morgan fingerprint density at radius 1 is 0.682 bits per heavy atom. The van der Waals surface area contributed by atoms with Crippen LogP contribution in [0.25, 0.3) is 43.4 Å². The molecule has 1 nitrogen and oxygen atoms in total. The SMILES string of the molecule is [2H]c1c([2H])c([2H])c2c(c1[2H])c([2H])c([2H])c1cc3c(ccc4ccccc43)nc12. The summed E-state index contributed by atoms with van der Waals surface area (Å²) >= 11 is 0. The van der Waals surface area contributed by atoms with Gasteiger partial charge >= 0.3 is 0 Å². The van der Waals surface area contributed by atoms with E-state index < -0.39 is 6.04 Å². The average Bonchev–Trinajstić information content (AvgIpc) is 2.72. The fraction of sp³-hybridized carbons (Fsp3) is 0. The van der Waals surface area contributed by atoms with Crippen molar-refractivity contribution >= 4 is 43.4 Å². The molecule has 0 spiro atoms. The Bertz CT molecular complexity index is 1480. The Kier molecular flexibility index (Phi) is 1.43. The third-order valence-electron chi connectivity index (χ3n) is 3.97. The van der Waals surface area contributed by atoms with Gasteiger partial charge in [0.2, 0.25) is 0 Å². The summed E-state index contributed by atoms with van der Waals surface area (Å²) in [6.45, 7) is 0. The highest BCUT2D eigenvalue weighted by Crippen LogP contribution is 2.30. The van der Waals surface area contributed by atoms with Gasteiger partial charge in [-0.3, -0.25) is 0 Å². The van der Waals surface area contributed by atoms with Gasteiger partial charge in [0.1, 0.15) is 0 Å². The van der Waals surface area contributed by atoms with E-state index in [2.05, 4.69) is 4.98 Å². The van der Waals surface area contributed by atoms with Crippen molar-refractivity contribution in [3.63, 3.8) is 0 Å². The number of hydrogen-bond donors (Lipinski definition) is 0. The Morgan fingerprint density at radius 2 is 1.55 bits per heavy atom. The van der Waals surface area contributed by atoms with Crippen LogP contribution in [0.5, 0.6) is 0 Å². The maximum Gasteiger partial charge on any atom is 0.0788 e. The molecule has 0 unspecified atom stereocenters. The summed E-state index contributed by atoms with van der Waals surface area (Å²) in [5.74, 6) is 0. The normalized spacial score (nSPS) is 15.5. The predicted molar refractivity (Wildman–Crippen MR) is 94.3 cm³/mol. The van der Waals surface area contributed by atoms with Gasteiger partial charge < -0.3 is 0 Å². The zero-order valence-electron chi connectivity index (χ0n) is 17.5. The van der Waals surface area contributed by atoms with Crippen LogP contribution < -0.4 is 0 Å². The van der Waals surface area contributed by atoms with Crippen LogP contribution in [-0.4, -0.2) is 4.98 Å². The first-order valence-corrected chi connectivity index (χ1v) is 7.01. The van der Waals surface area contributed by atoms with Crippen LogP contribution in [0.2, 0.25) is 0 Å². The van der Waals surface area contributed by atoms with Gasteiger partial charge in [0.05, 0.1) is 19.3 Å². The number of benzene rings is 4. The molecule has 0 N–H and O–H groups in total. The number of pyridine rings is 1. The summed E-state index contributed by atoms with van der Waals surface area (Å²) in [6.07, 6.45) is 0. The smallest absolute Gasteiger partial charge is 0.0788 e. The largest absolute Gasteiger partial charge is 0.247 e. The zero-order valence-corrected chi connectivity index (χ0v) is 11.5. The molecule has 0 fully saturated rings. The lowest BCUT2D eigenvalue weighted by atomic mass is 10.0. The van der Waals surface area contributed by atoms with Crippen LogP contribution in [0.3, 0.4) is 0 Å². The molecule has 0 radical (unpaired) electrons. The third-order valence-corrected chi connectivity index (χ3v) is 3.97. The third kappa shape index (κ3) is 1.57. The summed E-state index contributed by atoms with van der Waals surface area (Å²) < 4.78 is 49.3. The van der Waals surface area contributed by atoms with Crippen LogP contribution in [0, 0.1) is 0 Å². The number of fused-ring (bicyclic) bond motifs is 6. The highest BCUT2D eigenvalue weighted by atomic mass is 14.7. The molecular weight excluding hydrogens is 266 g/mol. The van der Waals surface area contributed by atoms with E-state index >= 15 is 0 Å². The lowest BCUT2D eigenvalue weighted by Gasteiger charge is -2.07. The minimum absolute atomic E-state index is 0.0381. The van der Waals surface area contributed by atoms with Crippen molar-refractivity contribution in [2.24, 2.45) is 0 Å². The van der Waals surface area contributed by atoms with E-state index in [1.807, 2.05) is 36.4 Å². The molecule has 1 heteroatoms. The molecule has 102 valence electrons. The first-order chi connectivity index (χ1) is 13.4. The molecule has 0 aliphatic rings. The van der Waals surface area contributed by atoms with Gasteiger partial charge in [0.15, 0.2) is 0 Å². The zero-order chi connectivity index (χ0) is 19.7. The lowest BCUT2D eigenvalue weighted by molar-refractivity contribution is 1.52. The van der Waals surface area contributed by atoms with Crippen LogP contribution in [0.4, 0.5) is 0 Å². The monoisotopic (exact) mass is 285 g/mol. The predicted octanol–water partition coefficient (Wildman–Crippen LogP) is 5.69. The van der Waals surface area contributed by atoms with Crippen molar-refractivity contribution in [2.75, 3.05) is 0 Å². The van der Waals surface area contributed by atoms with Gasteiger partial charge in [0.25, 0.3) is 0 Å². The lowest BCUT2D eigenvalue weighted by Crippen LogP contribution is -1.86. The molecule has 0 aliphatic heterocycles. The van der Waals surface area contributed by atoms with Crippen molar-refractivity contribution in [2.45, 2.75) is 0 Å². The number of nitrogens with zero attached hydrogens (tertiary/aromatic N) is 1. The van der Waals surface area contributed by atoms with Gasteiger partial charge in [0, 0.05) is 16.2 Å². The first kappa shape index (κ1) is 7.37. The highest BCUT2D eigenvalue weighted by Gasteiger charge is 2.06. The standard InChI is InChI=1S/C21H13N/c1-3-7-17-14(5-1)11-12-20-19(17)13-16-10-9-15-6-2-4-8-18(15)21(16)22-20/h1-13H/i2D,4D,6D,8D,9D,10D. The van der Waals surface area contributed by atoms with E-state index in [-0.39, 0.29) is 41.0 Å². The Morgan fingerprint density at radius 3 is 2.55 bits per heavy atom. The van der Waals surface area contributed by atoms with Gasteiger partial charge in [-0.2, -0.15) is 0 Å². The molecule has 0 amide bonds. The van der Waals surface area contributed by atoms with Crippen LogP contribution in [0.1, 0.15) is 8.22 Å². The highest BCUT2D eigenvalue weighted by molar-refractivity contribution is 6.13. The maximum atomic E-state index is 8.46. The second-order valence-corrected chi connectivity index (χ2v) is 5.24. The molecular formula is C21H13N. The van der Waals surface area contributed by atoms with Crippen molar-refractivity contribution in [3.05, 3.63) is 78.7 Å². The Balaban J connectivity index is 2.10. The summed E-state index contributed by atoms with van der Waals surface area (Å²) in [6, 6.07) is 11.9. The summed E-state index contributed by atoms with van der Waals surface area (Å²) in [7, 11) is 0. The molecule has 4 aromatic carbocycles. The second-order valence-electron chi connectivity index (χ2n) is 5.24. The van der Waals surface area contributed by atoms with Gasteiger partial charge in [-0.05, 0) is 28.3 Å². The van der Waals surface area contributed by atoms with Gasteiger partial charge in [-0.15, -0.1) is 0 Å². The van der Waals surface area contributed by atoms with Crippen LogP contribution in [0.15, 0.2) is 78.7 Å². The average molecular weight is 285 g/mol. The number of hydrogen-bond acceptors (Lipinski definition) is 1. The van der Waals surface area contributed by atoms with Crippen molar-refractivity contribution in [1.29, 1.82) is 0 Å². The minimum Gasteiger partial charge on any atom is -0.247 e. The molecule has 0 aliphatic carbocycles. The van der Waals surface area contributed by atoms with Gasteiger partial charge in [-0.1, -0.05) is 66.6 Å². The molecule has 1 heterocycles. The quantitative estimate of drug-likeness (QED) is 0.263. The van der Waals surface area contributed by atoms with E-state index in [0.29, 0.717) is 16.4 Å². The molecule has 0 saturated carbocycles. The summed E-state index contributed by atoms with van der Waals surface area (Å²) in [5.41, 5.74) is 1.00. The maximum absolute atomic E-state index is 8.46. The Labute approximate surface area is 136 Å². The topological polar surface area (TPSA) is 12.9 Å². The van der Waals surface area contributed by atoms with Gasteiger partial charge in [-0.25, -0.2) is 4.98 Å².